The molecule has 0 unspecified atom stereocenters. The third-order valence-electron chi connectivity index (χ3n) is 3.20. The van der Waals surface area contributed by atoms with Crippen molar-refractivity contribution in [1.82, 2.24) is 5.32 Å². The Morgan fingerprint density at radius 1 is 1.07 bits per heavy atom. The van der Waals surface area contributed by atoms with E-state index in [4.69, 9.17) is 14.2 Å². The predicted octanol–water partition coefficient (Wildman–Crippen LogP) is 4.36. The van der Waals surface area contributed by atoms with Crippen LogP contribution in [-0.4, -0.2) is 36.4 Å². The molecule has 28 heavy (non-hydrogen) atoms. The first kappa shape index (κ1) is 24.4. The number of halogens is 3. The van der Waals surface area contributed by atoms with Crippen molar-refractivity contribution < 1.29 is 32.6 Å². The van der Waals surface area contributed by atoms with E-state index < -0.39 is 46.7 Å². The highest BCUT2D eigenvalue weighted by molar-refractivity contribution is 14.1. The van der Waals surface area contributed by atoms with Crippen LogP contribution in [0, 0.1) is 15.2 Å². The number of nitrogens with one attached hydrogen (secondary N) is 1. The molecular formula is C19H26F2INO5. The number of carbonyl (C=O) groups excluding carboxylic acids is 2. The summed E-state index contributed by atoms with van der Waals surface area (Å²) in [5, 5.41) is 2.40. The lowest BCUT2D eigenvalue weighted by molar-refractivity contribution is -0.157. The van der Waals surface area contributed by atoms with Gasteiger partial charge in [-0.25, -0.2) is 18.4 Å². The highest BCUT2D eigenvalue weighted by Gasteiger charge is 2.31. The minimum absolute atomic E-state index is 0.00503. The van der Waals surface area contributed by atoms with Gasteiger partial charge in [-0.2, -0.15) is 0 Å². The molecule has 0 aliphatic heterocycles. The van der Waals surface area contributed by atoms with Gasteiger partial charge in [-0.05, 0) is 75.8 Å². The lowest BCUT2D eigenvalue weighted by Crippen LogP contribution is -2.47. The first-order valence-corrected chi connectivity index (χ1v) is 9.65. The van der Waals surface area contributed by atoms with E-state index in [0.29, 0.717) is 0 Å². The van der Waals surface area contributed by atoms with Crippen LogP contribution in [0.4, 0.5) is 13.6 Å². The standard InChI is InChI=1S/C19H26F2INO5/c1-18(2,3)27-16(24)12(23-17(25)28-19(4,5)6)9-10-8-11(22)14(21)15(26-7)13(10)20/h8,12H,9H2,1-7H3,(H,23,25)/t12-/m0/s1. The summed E-state index contributed by atoms with van der Waals surface area (Å²) < 4.78 is 44.0. The zero-order valence-electron chi connectivity index (χ0n) is 17.0. The number of benzene rings is 1. The molecule has 0 aliphatic carbocycles. The van der Waals surface area contributed by atoms with Crippen LogP contribution >= 0.6 is 22.6 Å². The summed E-state index contributed by atoms with van der Waals surface area (Å²) in [5.74, 6) is -3.10. The van der Waals surface area contributed by atoms with Gasteiger partial charge >= 0.3 is 12.1 Å². The Morgan fingerprint density at radius 2 is 1.61 bits per heavy atom. The number of amides is 1. The second-order valence-electron chi connectivity index (χ2n) is 8.12. The molecule has 1 N–H and O–H groups in total. The van der Waals surface area contributed by atoms with Crippen LogP contribution in [0.15, 0.2) is 6.07 Å². The lowest BCUT2D eigenvalue weighted by atomic mass is 10.0. The summed E-state index contributed by atoms with van der Waals surface area (Å²) in [6.07, 6.45) is -1.13. The van der Waals surface area contributed by atoms with Gasteiger partial charge in [-0.1, -0.05) is 0 Å². The topological polar surface area (TPSA) is 73.9 Å². The van der Waals surface area contributed by atoms with E-state index in [-0.39, 0.29) is 15.6 Å². The fraction of sp³-hybridized carbons (Fsp3) is 0.579. The van der Waals surface area contributed by atoms with Gasteiger partial charge in [0.1, 0.15) is 17.2 Å². The first-order chi connectivity index (χ1) is 12.6. The zero-order chi connectivity index (χ0) is 21.9. The van der Waals surface area contributed by atoms with Crippen molar-refractivity contribution in [2.45, 2.75) is 65.2 Å². The largest absolute Gasteiger partial charge is 0.491 e. The van der Waals surface area contributed by atoms with E-state index in [1.54, 1.807) is 64.1 Å². The van der Waals surface area contributed by atoms with Crippen LogP contribution in [0.1, 0.15) is 47.1 Å². The summed E-state index contributed by atoms with van der Waals surface area (Å²) in [7, 11) is 1.14. The Kier molecular flexibility index (Phi) is 8.04. The molecule has 1 rings (SSSR count). The summed E-state index contributed by atoms with van der Waals surface area (Å²) in [6, 6.07) is 0.0107. The zero-order valence-corrected chi connectivity index (χ0v) is 19.2. The molecule has 0 fully saturated rings. The number of hydrogen-bond donors (Lipinski definition) is 1. The SMILES string of the molecule is COc1c(F)c(I)cc(C[C@H](NC(=O)OC(C)(C)C)C(=O)OC(C)(C)C)c1F. The van der Waals surface area contributed by atoms with Crippen molar-refractivity contribution in [2.24, 2.45) is 0 Å². The van der Waals surface area contributed by atoms with E-state index in [2.05, 4.69) is 5.32 Å². The van der Waals surface area contributed by atoms with Crippen molar-refractivity contribution in [3.05, 3.63) is 26.8 Å². The van der Waals surface area contributed by atoms with E-state index in [1.807, 2.05) is 0 Å². The molecule has 1 aromatic carbocycles. The molecule has 0 aliphatic rings. The first-order valence-electron chi connectivity index (χ1n) is 8.57. The molecule has 6 nitrogen and oxygen atoms in total. The van der Waals surface area contributed by atoms with Crippen molar-refractivity contribution in [3.8, 4) is 5.75 Å². The number of rotatable bonds is 5. The van der Waals surface area contributed by atoms with Crippen molar-refractivity contribution >= 4 is 34.7 Å². The second-order valence-corrected chi connectivity index (χ2v) is 9.28. The molecule has 1 atom stereocenters. The molecular weight excluding hydrogens is 487 g/mol. The highest BCUT2D eigenvalue weighted by Crippen LogP contribution is 2.29. The second kappa shape index (κ2) is 9.23. The third-order valence-corrected chi connectivity index (χ3v) is 3.99. The van der Waals surface area contributed by atoms with Gasteiger partial charge in [0.05, 0.1) is 10.7 Å². The van der Waals surface area contributed by atoms with Gasteiger partial charge < -0.3 is 19.5 Å². The van der Waals surface area contributed by atoms with Gasteiger partial charge in [-0.15, -0.1) is 0 Å². The summed E-state index contributed by atoms with van der Waals surface area (Å²) in [4.78, 5) is 24.7. The number of hydrogen-bond acceptors (Lipinski definition) is 5. The molecule has 158 valence electrons. The fourth-order valence-electron chi connectivity index (χ4n) is 2.19. The monoisotopic (exact) mass is 513 g/mol. The average molecular weight is 513 g/mol. The minimum Gasteiger partial charge on any atom is -0.491 e. The molecule has 9 heteroatoms. The fourth-order valence-corrected chi connectivity index (χ4v) is 2.81. The van der Waals surface area contributed by atoms with E-state index in [9.17, 15) is 18.4 Å². The van der Waals surface area contributed by atoms with Gasteiger partial charge in [-0.3, -0.25) is 0 Å². The lowest BCUT2D eigenvalue weighted by Gasteiger charge is -2.26. The van der Waals surface area contributed by atoms with E-state index >= 15 is 0 Å². The molecule has 0 spiro atoms. The van der Waals surface area contributed by atoms with E-state index in [1.165, 1.54) is 6.07 Å². The summed E-state index contributed by atoms with van der Waals surface area (Å²) in [6.45, 7) is 10.0. The number of methoxy groups -OCH3 is 1. The van der Waals surface area contributed by atoms with Crippen molar-refractivity contribution in [2.75, 3.05) is 7.11 Å². The average Bonchev–Trinajstić information content (AvgIpc) is 2.48. The van der Waals surface area contributed by atoms with Crippen molar-refractivity contribution in [3.63, 3.8) is 0 Å². The van der Waals surface area contributed by atoms with Gasteiger partial charge in [0.2, 0.25) is 0 Å². The molecule has 0 heterocycles. The van der Waals surface area contributed by atoms with Gasteiger partial charge in [0.25, 0.3) is 0 Å². The maximum Gasteiger partial charge on any atom is 0.408 e. The van der Waals surface area contributed by atoms with Crippen LogP contribution in [0.2, 0.25) is 0 Å². The molecule has 0 radical (unpaired) electrons. The molecule has 0 bridgehead atoms. The van der Waals surface area contributed by atoms with Crippen LogP contribution < -0.4 is 10.1 Å². The Bertz CT molecular complexity index is 741. The van der Waals surface area contributed by atoms with Crippen LogP contribution in [0.3, 0.4) is 0 Å². The number of carbonyl (C=O) groups is 2. The maximum absolute atomic E-state index is 14.6. The Balaban J connectivity index is 3.21. The Morgan fingerprint density at radius 3 is 2.07 bits per heavy atom. The minimum atomic E-state index is -1.24. The third kappa shape index (κ3) is 7.40. The highest BCUT2D eigenvalue weighted by atomic mass is 127. The number of esters is 1. The van der Waals surface area contributed by atoms with Crippen LogP contribution in [0.5, 0.6) is 5.75 Å². The molecule has 1 amide bonds. The van der Waals surface area contributed by atoms with Crippen LogP contribution in [-0.2, 0) is 20.7 Å². The normalized spacial score (nSPS) is 12.9. The maximum atomic E-state index is 14.6. The van der Waals surface area contributed by atoms with Crippen molar-refractivity contribution in [1.29, 1.82) is 0 Å². The summed E-state index contributed by atoms with van der Waals surface area (Å²) >= 11 is 1.70. The van der Waals surface area contributed by atoms with Crippen LogP contribution in [0.25, 0.3) is 0 Å². The van der Waals surface area contributed by atoms with Gasteiger partial charge in [0, 0.05) is 6.42 Å². The molecule has 0 aromatic heterocycles. The van der Waals surface area contributed by atoms with E-state index in [0.717, 1.165) is 7.11 Å². The molecule has 1 aromatic rings. The number of ether oxygens (including phenoxy) is 3. The van der Waals surface area contributed by atoms with Gasteiger partial charge in [0.15, 0.2) is 17.4 Å². The molecule has 0 saturated carbocycles. The Labute approximate surface area is 177 Å². The smallest absolute Gasteiger partial charge is 0.408 e. The molecule has 0 saturated heterocycles. The summed E-state index contributed by atoms with van der Waals surface area (Å²) in [5.41, 5.74) is -1.62. The predicted molar refractivity (Wildman–Crippen MR) is 108 cm³/mol. The number of alkyl carbamates (subject to hydrolysis) is 1. The quantitative estimate of drug-likeness (QED) is 0.360. The Hall–Kier alpha value is -1.65.